The number of pyridine rings is 2. The van der Waals surface area contributed by atoms with Crippen LogP contribution in [0.2, 0.25) is 0 Å². The van der Waals surface area contributed by atoms with Crippen LogP contribution in [-0.2, 0) is 5.41 Å². The lowest BCUT2D eigenvalue weighted by molar-refractivity contribution is 0.437. The molecule has 0 N–H and O–H groups in total. The van der Waals surface area contributed by atoms with E-state index in [1.165, 1.54) is 70.0 Å². The maximum absolute atomic E-state index is 5.47. The monoisotopic (exact) mass is 656 g/mol. The minimum Gasteiger partial charge on any atom is -0.291 e. The molecule has 1 aliphatic rings. The lowest BCUT2D eigenvalue weighted by Crippen LogP contribution is -2.12. The zero-order chi connectivity index (χ0) is 33.3. The Morgan fingerprint density at radius 2 is 1.47 bits per heavy atom. The molecule has 4 nitrogen and oxygen atoms in total. The summed E-state index contributed by atoms with van der Waals surface area (Å²) in [5.74, 6) is 1.51. The minimum atomic E-state index is 0.00217. The van der Waals surface area contributed by atoms with Crippen molar-refractivity contribution >= 4 is 53.6 Å². The average Bonchev–Trinajstić information content (AvgIpc) is 3.70. The number of rotatable bonds is 4. The van der Waals surface area contributed by atoms with Gasteiger partial charge in [-0.2, -0.15) is 0 Å². The van der Waals surface area contributed by atoms with Gasteiger partial charge in [0, 0.05) is 49.3 Å². The Balaban J connectivity index is 1.35. The highest BCUT2D eigenvalue weighted by atomic mass is 32.1. The van der Waals surface area contributed by atoms with Gasteiger partial charge in [0.1, 0.15) is 10.7 Å². The molecule has 1 fully saturated rings. The fourth-order valence-electron chi connectivity index (χ4n) is 7.83. The predicted octanol–water partition coefficient (Wildman–Crippen LogP) is 12.3. The summed E-state index contributed by atoms with van der Waals surface area (Å²) in [7, 11) is 0. The van der Waals surface area contributed by atoms with E-state index >= 15 is 0 Å². The smallest absolute Gasteiger partial charge is 0.147 e. The second-order valence-electron chi connectivity index (χ2n) is 14.8. The Morgan fingerprint density at radius 3 is 2.29 bits per heavy atom. The van der Waals surface area contributed by atoms with Crippen LogP contribution in [0.4, 0.5) is 0 Å². The molecule has 0 unspecified atom stereocenters. The molecule has 0 bridgehead atoms. The van der Waals surface area contributed by atoms with Crippen molar-refractivity contribution in [3.8, 4) is 28.2 Å². The largest absolute Gasteiger partial charge is 0.291 e. The van der Waals surface area contributed by atoms with Crippen LogP contribution in [0, 0.1) is 6.92 Å². The van der Waals surface area contributed by atoms with Gasteiger partial charge in [-0.3, -0.25) is 9.55 Å². The standard InChI is InChI=1S/C44H40N4S/c1-27-18-20-33-37(45-27)23-24-38-40(33)48(39-25-19-30(44(2,3)4)26-35(39)28-12-7-5-8-13-28)42(46-38)34-17-11-16-31-32-21-22-36(29-14-9-6-10-15-29)47-43(32)49-41(31)34/h5,7-8,11-13,16-26,29H,6,9-10,14-15H2,1-4H3. The number of nitrogens with zero attached hydrogens (tertiary/aromatic N) is 4. The van der Waals surface area contributed by atoms with Crippen molar-refractivity contribution in [3.05, 3.63) is 120 Å². The molecule has 0 amide bonds. The van der Waals surface area contributed by atoms with E-state index < -0.39 is 0 Å². The predicted molar refractivity (Wildman–Crippen MR) is 207 cm³/mol. The molecular formula is C44H40N4S. The van der Waals surface area contributed by atoms with Crippen molar-refractivity contribution in [1.29, 1.82) is 0 Å². The first-order valence-corrected chi connectivity index (χ1v) is 18.5. The average molecular weight is 657 g/mol. The van der Waals surface area contributed by atoms with Crippen LogP contribution in [0.5, 0.6) is 0 Å². The number of imidazole rings is 1. The Labute approximate surface area is 291 Å². The first-order valence-electron chi connectivity index (χ1n) is 17.7. The van der Waals surface area contributed by atoms with Gasteiger partial charge in [0.2, 0.25) is 0 Å². The quantitative estimate of drug-likeness (QED) is 0.189. The highest BCUT2D eigenvalue weighted by Gasteiger charge is 2.25. The fourth-order valence-corrected chi connectivity index (χ4v) is 9.02. The number of aromatic nitrogens is 4. The Hall–Kier alpha value is -4.87. The number of hydrogen-bond acceptors (Lipinski definition) is 4. The van der Waals surface area contributed by atoms with E-state index in [4.69, 9.17) is 15.0 Å². The van der Waals surface area contributed by atoms with Crippen LogP contribution in [0.1, 0.15) is 75.7 Å². The fraction of sp³-hybridized carbons (Fsp3) is 0.250. The maximum atomic E-state index is 5.47. The van der Waals surface area contributed by atoms with Gasteiger partial charge in [-0.25, -0.2) is 9.97 Å². The van der Waals surface area contributed by atoms with Gasteiger partial charge in [-0.1, -0.05) is 88.6 Å². The lowest BCUT2D eigenvalue weighted by Gasteiger charge is -2.23. The molecule has 4 heterocycles. The lowest BCUT2D eigenvalue weighted by atomic mass is 9.85. The third kappa shape index (κ3) is 5.14. The normalized spacial score (nSPS) is 14.4. The zero-order valence-electron chi connectivity index (χ0n) is 28.6. The summed E-state index contributed by atoms with van der Waals surface area (Å²) in [4.78, 5) is 16.9. The summed E-state index contributed by atoms with van der Waals surface area (Å²) in [5.41, 5.74) is 11.2. The van der Waals surface area contributed by atoms with Crippen molar-refractivity contribution in [1.82, 2.24) is 19.5 Å². The molecule has 0 aliphatic heterocycles. The van der Waals surface area contributed by atoms with Crippen LogP contribution in [0.25, 0.3) is 70.4 Å². The molecule has 0 spiro atoms. The van der Waals surface area contributed by atoms with Crippen LogP contribution in [0.15, 0.2) is 103 Å². The zero-order valence-corrected chi connectivity index (χ0v) is 29.4. The minimum absolute atomic E-state index is 0.00217. The van der Waals surface area contributed by atoms with E-state index in [0.29, 0.717) is 5.92 Å². The molecule has 49 heavy (non-hydrogen) atoms. The van der Waals surface area contributed by atoms with Gasteiger partial charge in [0.15, 0.2) is 0 Å². The van der Waals surface area contributed by atoms with Gasteiger partial charge in [0.25, 0.3) is 0 Å². The van der Waals surface area contributed by atoms with Gasteiger partial charge in [0.05, 0.1) is 22.2 Å². The van der Waals surface area contributed by atoms with Crippen LogP contribution in [-0.4, -0.2) is 19.5 Å². The van der Waals surface area contributed by atoms with Gasteiger partial charge in [-0.05, 0) is 90.9 Å². The molecule has 5 heteroatoms. The van der Waals surface area contributed by atoms with E-state index in [1.807, 2.05) is 11.3 Å². The number of hydrogen-bond donors (Lipinski definition) is 0. The van der Waals surface area contributed by atoms with Crippen LogP contribution < -0.4 is 0 Å². The van der Waals surface area contributed by atoms with Crippen molar-refractivity contribution in [3.63, 3.8) is 0 Å². The first-order chi connectivity index (χ1) is 23.8. The van der Waals surface area contributed by atoms with Gasteiger partial charge < -0.3 is 0 Å². The Morgan fingerprint density at radius 1 is 0.673 bits per heavy atom. The molecule has 242 valence electrons. The van der Waals surface area contributed by atoms with Crippen molar-refractivity contribution in [2.45, 2.75) is 71.1 Å². The molecule has 4 aromatic heterocycles. The third-order valence-electron chi connectivity index (χ3n) is 10.5. The van der Waals surface area contributed by atoms with Crippen molar-refractivity contribution in [2.24, 2.45) is 0 Å². The number of benzene rings is 4. The third-order valence-corrected chi connectivity index (χ3v) is 11.6. The molecule has 9 rings (SSSR count). The molecule has 4 aromatic carbocycles. The van der Waals surface area contributed by atoms with E-state index in [9.17, 15) is 0 Å². The highest BCUT2D eigenvalue weighted by Crippen LogP contribution is 2.44. The molecule has 1 saturated carbocycles. The van der Waals surface area contributed by atoms with Crippen LogP contribution in [0.3, 0.4) is 0 Å². The molecular weight excluding hydrogens is 617 g/mol. The van der Waals surface area contributed by atoms with Gasteiger partial charge in [-0.15, -0.1) is 11.3 Å². The summed E-state index contributed by atoms with van der Waals surface area (Å²) >= 11 is 1.81. The molecule has 0 atom stereocenters. The summed E-state index contributed by atoms with van der Waals surface area (Å²) < 4.78 is 3.64. The number of aryl methyl sites for hydroxylation is 1. The molecule has 0 radical (unpaired) electrons. The van der Waals surface area contributed by atoms with Crippen molar-refractivity contribution in [2.75, 3.05) is 0 Å². The summed E-state index contributed by atoms with van der Waals surface area (Å²) in [6, 6.07) is 37.6. The van der Waals surface area contributed by atoms with Crippen molar-refractivity contribution < 1.29 is 0 Å². The number of thiophene rings is 1. The Bertz CT molecular complexity index is 2530. The number of fused-ring (bicyclic) bond motifs is 6. The van der Waals surface area contributed by atoms with Crippen LogP contribution >= 0.6 is 11.3 Å². The Kier molecular flexibility index (Phi) is 7.17. The van der Waals surface area contributed by atoms with E-state index in [2.05, 4.69) is 135 Å². The van der Waals surface area contributed by atoms with E-state index in [-0.39, 0.29) is 5.41 Å². The van der Waals surface area contributed by atoms with Gasteiger partial charge >= 0.3 is 0 Å². The second kappa shape index (κ2) is 11.6. The molecule has 0 saturated heterocycles. The highest BCUT2D eigenvalue weighted by molar-refractivity contribution is 7.26. The topological polar surface area (TPSA) is 43.6 Å². The SMILES string of the molecule is Cc1ccc2c(ccc3nc(-c4cccc5c4sc4nc(C6CCCCC6)ccc45)n(-c4ccc(C(C)(C)C)cc4-c4ccccc4)c32)n1. The molecule has 8 aromatic rings. The summed E-state index contributed by atoms with van der Waals surface area (Å²) in [6.45, 7) is 8.91. The summed E-state index contributed by atoms with van der Waals surface area (Å²) in [5, 5.41) is 3.57. The summed E-state index contributed by atoms with van der Waals surface area (Å²) in [6.07, 6.45) is 6.46. The van der Waals surface area contributed by atoms with E-state index in [0.717, 1.165) is 49.5 Å². The first kappa shape index (κ1) is 30.2. The van der Waals surface area contributed by atoms with E-state index in [1.54, 1.807) is 0 Å². The molecule has 1 aliphatic carbocycles. The second-order valence-corrected chi connectivity index (χ2v) is 15.8. The maximum Gasteiger partial charge on any atom is 0.147 e.